The molecule has 0 radical (unpaired) electrons. The fraction of sp³-hybridized carbons (Fsp3) is 0.727. The number of carbonyl (C=O) groups is 3. The number of ether oxygens (including phenoxy) is 4. The number of nitrogens with one attached hydrogen (secondary N) is 1. The van der Waals surface area contributed by atoms with Gasteiger partial charge in [-0.25, -0.2) is 14.4 Å². The van der Waals surface area contributed by atoms with Crippen molar-refractivity contribution >= 4 is 18.2 Å². The van der Waals surface area contributed by atoms with E-state index in [1.165, 1.54) is 7.11 Å². The predicted molar refractivity (Wildman–Crippen MR) is 63.5 cm³/mol. The molecule has 1 amide bonds. The molecule has 19 heavy (non-hydrogen) atoms. The molecule has 0 saturated carbocycles. The Morgan fingerprint density at radius 1 is 1.16 bits per heavy atom. The van der Waals surface area contributed by atoms with Gasteiger partial charge in [0.2, 0.25) is 0 Å². The molecule has 0 bridgehead atoms. The SMILES string of the molecule is COC[C@H](NC(=O)OC(C)(C)C)C(=O)OC(=O)OC. The molecule has 0 aromatic rings. The molecule has 0 fully saturated rings. The maximum absolute atomic E-state index is 11.5. The average Bonchev–Trinajstić information content (AvgIpc) is 2.25. The van der Waals surface area contributed by atoms with Crippen molar-refractivity contribution in [2.75, 3.05) is 20.8 Å². The van der Waals surface area contributed by atoms with E-state index in [1.807, 2.05) is 0 Å². The van der Waals surface area contributed by atoms with Crippen molar-refractivity contribution in [1.82, 2.24) is 5.32 Å². The van der Waals surface area contributed by atoms with Crippen LogP contribution < -0.4 is 5.32 Å². The van der Waals surface area contributed by atoms with Gasteiger partial charge in [0.05, 0.1) is 13.7 Å². The summed E-state index contributed by atoms with van der Waals surface area (Å²) in [4.78, 5) is 33.8. The summed E-state index contributed by atoms with van der Waals surface area (Å²) in [5.41, 5.74) is -0.714. The molecule has 0 unspecified atom stereocenters. The van der Waals surface area contributed by atoms with Crippen LogP contribution in [0.3, 0.4) is 0 Å². The Balaban J connectivity index is 4.52. The van der Waals surface area contributed by atoms with Crippen molar-refractivity contribution in [1.29, 1.82) is 0 Å². The molecule has 0 aromatic carbocycles. The first kappa shape index (κ1) is 17.2. The van der Waals surface area contributed by atoms with Crippen molar-refractivity contribution in [2.24, 2.45) is 0 Å². The lowest BCUT2D eigenvalue weighted by Gasteiger charge is -2.22. The van der Waals surface area contributed by atoms with Crippen LogP contribution >= 0.6 is 0 Å². The molecule has 0 aliphatic carbocycles. The Labute approximate surface area is 111 Å². The summed E-state index contributed by atoms with van der Waals surface area (Å²) in [6.07, 6.45) is -1.99. The largest absolute Gasteiger partial charge is 0.515 e. The number of rotatable bonds is 4. The highest BCUT2D eigenvalue weighted by molar-refractivity contribution is 5.88. The molecule has 0 aromatic heterocycles. The van der Waals surface area contributed by atoms with E-state index in [2.05, 4.69) is 14.8 Å². The summed E-state index contributed by atoms with van der Waals surface area (Å²) in [5, 5.41) is 2.24. The van der Waals surface area contributed by atoms with E-state index in [0.29, 0.717) is 0 Å². The summed E-state index contributed by atoms with van der Waals surface area (Å²) >= 11 is 0. The van der Waals surface area contributed by atoms with E-state index in [4.69, 9.17) is 9.47 Å². The molecule has 110 valence electrons. The normalized spacial score (nSPS) is 12.3. The summed E-state index contributed by atoms with van der Waals surface area (Å²) in [5.74, 6) is -1.00. The van der Waals surface area contributed by atoms with Gasteiger partial charge in [0.1, 0.15) is 5.60 Å². The molecule has 0 aliphatic heterocycles. The smallest absolute Gasteiger partial charge is 0.444 e. The molecule has 1 atom stereocenters. The third-order valence-electron chi connectivity index (χ3n) is 1.66. The van der Waals surface area contributed by atoms with Gasteiger partial charge in [-0.15, -0.1) is 0 Å². The third kappa shape index (κ3) is 7.98. The molecule has 0 aliphatic rings. The Morgan fingerprint density at radius 2 is 1.74 bits per heavy atom. The molecule has 0 heterocycles. The van der Waals surface area contributed by atoms with E-state index in [0.717, 1.165) is 7.11 Å². The first-order valence-corrected chi connectivity index (χ1v) is 5.47. The van der Waals surface area contributed by atoms with Crippen LogP contribution in [0.25, 0.3) is 0 Å². The second kappa shape index (κ2) is 7.57. The minimum atomic E-state index is -1.17. The fourth-order valence-corrected chi connectivity index (χ4v) is 0.980. The lowest BCUT2D eigenvalue weighted by atomic mass is 10.2. The Bertz CT molecular complexity index is 334. The van der Waals surface area contributed by atoms with Gasteiger partial charge in [-0.05, 0) is 20.8 Å². The lowest BCUT2D eigenvalue weighted by Crippen LogP contribution is -2.47. The minimum Gasteiger partial charge on any atom is -0.444 e. The average molecular weight is 277 g/mol. The molecule has 0 spiro atoms. The van der Waals surface area contributed by atoms with Crippen LogP contribution in [0.1, 0.15) is 20.8 Å². The summed E-state index contributed by atoms with van der Waals surface area (Å²) in [6.45, 7) is 4.84. The zero-order valence-corrected chi connectivity index (χ0v) is 11.6. The number of hydrogen-bond acceptors (Lipinski definition) is 7. The first-order chi connectivity index (χ1) is 8.69. The van der Waals surface area contributed by atoms with Crippen LogP contribution in [0.15, 0.2) is 0 Å². The Hall–Kier alpha value is -1.83. The number of esters is 1. The van der Waals surface area contributed by atoms with Crippen LogP contribution in [0.5, 0.6) is 0 Å². The monoisotopic (exact) mass is 277 g/mol. The topological polar surface area (TPSA) is 100 Å². The Morgan fingerprint density at radius 3 is 2.16 bits per heavy atom. The zero-order valence-electron chi connectivity index (χ0n) is 11.6. The Kier molecular flexibility index (Phi) is 6.84. The van der Waals surface area contributed by atoms with Crippen molar-refractivity contribution < 1.29 is 33.3 Å². The number of hydrogen-bond donors (Lipinski definition) is 1. The lowest BCUT2D eigenvalue weighted by molar-refractivity contribution is -0.143. The highest BCUT2D eigenvalue weighted by Crippen LogP contribution is 2.07. The molecule has 0 rings (SSSR count). The summed E-state index contributed by atoms with van der Waals surface area (Å²) < 4.78 is 18.2. The van der Waals surface area contributed by atoms with Crippen LogP contribution in [0, 0.1) is 0 Å². The van der Waals surface area contributed by atoms with Crippen molar-refractivity contribution in [2.45, 2.75) is 32.4 Å². The predicted octanol–water partition coefficient (Wildman–Crippen LogP) is 0.836. The van der Waals surface area contributed by atoms with Crippen molar-refractivity contribution in [3.05, 3.63) is 0 Å². The van der Waals surface area contributed by atoms with E-state index < -0.39 is 29.9 Å². The highest BCUT2D eigenvalue weighted by atomic mass is 16.7. The summed E-state index contributed by atoms with van der Waals surface area (Å²) in [7, 11) is 2.39. The molecular formula is C11H19NO7. The van der Waals surface area contributed by atoms with Gasteiger partial charge in [0.25, 0.3) is 0 Å². The van der Waals surface area contributed by atoms with Gasteiger partial charge in [-0.2, -0.15) is 0 Å². The number of carbonyl (C=O) groups excluding carboxylic acids is 3. The van der Waals surface area contributed by atoms with Crippen LogP contribution in [-0.2, 0) is 23.7 Å². The first-order valence-electron chi connectivity index (χ1n) is 5.47. The van der Waals surface area contributed by atoms with Gasteiger partial charge >= 0.3 is 18.2 Å². The van der Waals surface area contributed by atoms with E-state index in [1.54, 1.807) is 20.8 Å². The number of alkyl carbamates (subject to hydrolysis) is 1. The van der Waals surface area contributed by atoms with Crippen LogP contribution in [0.2, 0.25) is 0 Å². The molecule has 8 heteroatoms. The second-order valence-corrected chi connectivity index (χ2v) is 4.53. The fourth-order valence-electron chi connectivity index (χ4n) is 0.980. The van der Waals surface area contributed by atoms with Gasteiger partial charge in [-0.1, -0.05) is 0 Å². The molecule has 1 N–H and O–H groups in total. The highest BCUT2D eigenvalue weighted by Gasteiger charge is 2.27. The van der Waals surface area contributed by atoms with E-state index in [-0.39, 0.29) is 6.61 Å². The van der Waals surface area contributed by atoms with Crippen LogP contribution in [0.4, 0.5) is 9.59 Å². The van der Waals surface area contributed by atoms with Gasteiger partial charge in [0, 0.05) is 7.11 Å². The third-order valence-corrected chi connectivity index (χ3v) is 1.66. The quantitative estimate of drug-likeness (QED) is 0.600. The van der Waals surface area contributed by atoms with Crippen LogP contribution in [-0.4, -0.2) is 50.7 Å². The van der Waals surface area contributed by atoms with Gasteiger partial charge in [0.15, 0.2) is 6.04 Å². The molecule has 0 saturated heterocycles. The summed E-state index contributed by atoms with van der Waals surface area (Å²) in [6, 6.07) is -1.17. The molecule has 8 nitrogen and oxygen atoms in total. The number of amides is 1. The van der Waals surface area contributed by atoms with Crippen molar-refractivity contribution in [3.8, 4) is 0 Å². The minimum absolute atomic E-state index is 0.172. The zero-order chi connectivity index (χ0) is 15.1. The standard InChI is InChI=1S/C11H19NO7/c1-11(2,3)19-9(14)12-7(6-16-4)8(13)18-10(15)17-5/h7H,6H2,1-5H3,(H,12,14)/t7-/m0/s1. The maximum Gasteiger partial charge on any atom is 0.515 e. The van der Waals surface area contributed by atoms with Gasteiger partial charge in [-0.3, -0.25) is 0 Å². The van der Waals surface area contributed by atoms with E-state index in [9.17, 15) is 14.4 Å². The van der Waals surface area contributed by atoms with E-state index >= 15 is 0 Å². The van der Waals surface area contributed by atoms with Crippen molar-refractivity contribution in [3.63, 3.8) is 0 Å². The maximum atomic E-state index is 11.5. The van der Waals surface area contributed by atoms with Gasteiger partial charge < -0.3 is 24.3 Å². The second-order valence-electron chi connectivity index (χ2n) is 4.53. The number of methoxy groups -OCH3 is 2. The molecular weight excluding hydrogens is 258 g/mol.